The minimum absolute atomic E-state index is 0. The molecule has 1 aliphatic rings. The summed E-state index contributed by atoms with van der Waals surface area (Å²) in [6, 6.07) is 0.297. The van der Waals surface area contributed by atoms with E-state index in [9.17, 15) is 4.79 Å². The molecule has 18 heavy (non-hydrogen) atoms. The van der Waals surface area contributed by atoms with E-state index in [4.69, 9.17) is 10.5 Å². The van der Waals surface area contributed by atoms with E-state index in [1.807, 2.05) is 0 Å². The number of methoxy groups -OCH3 is 1. The van der Waals surface area contributed by atoms with Gasteiger partial charge in [-0.15, -0.1) is 12.4 Å². The molecule has 1 unspecified atom stereocenters. The molecule has 5 nitrogen and oxygen atoms in total. The second-order valence-corrected chi connectivity index (χ2v) is 4.97. The maximum absolute atomic E-state index is 11.7. The Labute approximate surface area is 116 Å². The van der Waals surface area contributed by atoms with Crippen LogP contribution in [-0.2, 0) is 9.53 Å². The van der Waals surface area contributed by atoms with E-state index in [1.165, 1.54) is 0 Å². The summed E-state index contributed by atoms with van der Waals surface area (Å²) in [7, 11) is 1.55. The Kier molecular flexibility index (Phi) is 8.52. The van der Waals surface area contributed by atoms with Crippen molar-refractivity contribution < 1.29 is 9.53 Å². The van der Waals surface area contributed by atoms with Gasteiger partial charge in [0.1, 0.15) is 6.04 Å². The van der Waals surface area contributed by atoms with Crippen LogP contribution >= 0.6 is 12.4 Å². The van der Waals surface area contributed by atoms with Gasteiger partial charge in [-0.3, -0.25) is 4.79 Å². The Balaban J connectivity index is 0.00000289. The van der Waals surface area contributed by atoms with Crippen LogP contribution in [0.5, 0.6) is 0 Å². The highest BCUT2D eigenvalue weighted by Gasteiger charge is 2.23. The summed E-state index contributed by atoms with van der Waals surface area (Å²) in [4.78, 5) is 14.1. The van der Waals surface area contributed by atoms with Crippen LogP contribution in [-0.4, -0.2) is 55.7 Å². The number of halogens is 1. The first-order valence-corrected chi connectivity index (χ1v) is 6.33. The first-order valence-electron chi connectivity index (χ1n) is 6.33. The number of nitrogens with zero attached hydrogens (tertiary/aromatic N) is 1. The van der Waals surface area contributed by atoms with Crippen molar-refractivity contribution >= 4 is 18.3 Å². The average Bonchev–Trinajstić information content (AvgIpc) is 2.30. The molecule has 1 saturated heterocycles. The molecule has 108 valence electrons. The fraction of sp³-hybridized carbons (Fsp3) is 0.917. The SMILES string of the molecule is COCC(N)C(=O)NC1CCN(C(C)C)CC1.Cl. The van der Waals surface area contributed by atoms with Gasteiger partial charge in [0.15, 0.2) is 0 Å². The molecule has 1 rings (SSSR count). The first-order chi connectivity index (χ1) is 8.04. The molecule has 1 fully saturated rings. The molecule has 3 N–H and O–H groups in total. The fourth-order valence-electron chi connectivity index (χ4n) is 2.12. The van der Waals surface area contributed by atoms with Gasteiger partial charge in [0, 0.05) is 32.3 Å². The van der Waals surface area contributed by atoms with Crippen molar-refractivity contribution in [3.63, 3.8) is 0 Å². The Morgan fingerprint density at radius 2 is 2.00 bits per heavy atom. The molecule has 0 aromatic heterocycles. The summed E-state index contributed by atoms with van der Waals surface area (Å²) in [5, 5.41) is 2.99. The Morgan fingerprint density at radius 3 is 2.44 bits per heavy atom. The van der Waals surface area contributed by atoms with Crippen LogP contribution in [0.15, 0.2) is 0 Å². The summed E-state index contributed by atoms with van der Waals surface area (Å²) in [6.45, 7) is 6.77. The molecule has 0 spiro atoms. The van der Waals surface area contributed by atoms with Crippen LogP contribution in [0.3, 0.4) is 0 Å². The van der Waals surface area contributed by atoms with E-state index >= 15 is 0 Å². The quantitative estimate of drug-likeness (QED) is 0.763. The maximum atomic E-state index is 11.7. The number of hydrogen-bond donors (Lipinski definition) is 2. The zero-order valence-corrected chi connectivity index (χ0v) is 12.3. The molecule has 1 heterocycles. The van der Waals surface area contributed by atoms with E-state index < -0.39 is 6.04 Å². The highest BCUT2D eigenvalue weighted by molar-refractivity contribution is 5.85. The molecule has 1 aliphatic heterocycles. The number of likely N-dealkylation sites (tertiary alicyclic amines) is 1. The molecule has 0 saturated carbocycles. The van der Waals surface area contributed by atoms with E-state index in [0.29, 0.717) is 6.04 Å². The van der Waals surface area contributed by atoms with Gasteiger partial charge in [-0.05, 0) is 26.7 Å². The summed E-state index contributed by atoms with van der Waals surface area (Å²) in [6.07, 6.45) is 2.01. The van der Waals surface area contributed by atoms with Crippen molar-refractivity contribution in [1.82, 2.24) is 10.2 Å². The van der Waals surface area contributed by atoms with Crippen molar-refractivity contribution in [1.29, 1.82) is 0 Å². The molecule has 0 radical (unpaired) electrons. The van der Waals surface area contributed by atoms with Gasteiger partial charge in [0.25, 0.3) is 0 Å². The lowest BCUT2D eigenvalue weighted by Crippen LogP contribution is -2.51. The number of nitrogens with two attached hydrogens (primary N) is 1. The van der Waals surface area contributed by atoms with Crippen molar-refractivity contribution in [3.05, 3.63) is 0 Å². The predicted octanol–water partition coefficient (Wildman–Crippen LogP) is 0.371. The number of nitrogens with one attached hydrogen (secondary N) is 1. The van der Waals surface area contributed by atoms with Crippen molar-refractivity contribution in [2.24, 2.45) is 5.73 Å². The predicted molar refractivity (Wildman–Crippen MR) is 75.0 cm³/mol. The molecule has 0 bridgehead atoms. The van der Waals surface area contributed by atoms with Crippen LogP contribution in [0, 0.1) is 0 Å². The summed E-state index contributed by atoms with van der Waals surface area (Å²) in [5.74, 6) is -0.102. The normalized spacial score (nSPS) is 19.4. The third-order valence-corrected chi connectivity index (χ3v) is 3.29. The standard InChI is InChI=1S/C12H25N3O2.ClH/c1-9(2)15-6-4-10(5-7-15)14-12(16)11(13)8-17-3;/h9-11H,4-8,13H2,1-3H3,(H,14,16);1H. The molecule has 1 atom stereocenters. The Morgan fingerprint density at radius 1 is 1.44 bits per heavy atom. The van der Waals surface area contributed by atoms with Crippen molar-refractivity contribution in [2.45, 2.75) is 44.8 Å². The third-order valence-electron chi connectivity index (χ3n) is 3.29. The molecular weight excluding hydrogens is 254 g/mol. The molecule has 0 aliphatic carbocycles. The van der Waals surface area contributed by atoms with Gasteiger partial charge in [-0.2, -0.15) is 0 Å². The largest absolute Gasteiger partial charge is 0.383 e. The van der Waals surface area contributed by atoms with Gasteiger partial charge >= 0.3 is 0 Å². The van der Waals surface area contributed by atoms with E-state index in [1.54, 1.807) is 7.11 Å². The third kappa shape index (κ3) is 5.52. The van der Waals surface area contributed by atoms with Gasteiger partial charge < -0.3 is 20.7 Å². The van der Waals surface area contributed by atoms with Crippen LogP contribution in [0.1, 0.15) is 26.7 Å². The van der Waals surface area contributed by atoms with Crippen LogP contribution in [0.2, 0.25) is 0 Å². The maximum Gasteiger partial charge on any atom is 0.239 e. The van der Waals surface area contributed by atoms with Crippen LogP contribution < -0.4 is 11.1 Å². The molecule has 1 amide bonds. The van der Waals surface area contributed by atoms with Gasteiger partial charge in [0.05, 0.1) is 6.61 Å². The van der Waals surface area contributed by atoms with Crippen molar-refractivity contribution in [3.8, 4) is 0 Å². The number of rotatable bonds is 5. The van der Waals surface area contributed by atoms with E-state index in [0.717, 1.165) is 25.9 Å². The average molecular weight is 280 g/mol. The number of hydrogen-bond acceptors (Lipinski definition) is 4. The van der Waals surface area contributed by atoms with Crippen LogP contribution in [0.4, 0.5) is 0 Å². The Hall–Kier alpha value is -0.360. The zero-order valence-electron chi connectivity index (χ0n) is 11.5. The smallest absolute Gasteiger partial charge is 0.239 e. The number of carbonyl (C=O) groups is 1. The van der Waals surface area contributed by atoms with E-state index in [2.05, 4.69) is 24.1 Å². The summed E-state index contributed by atoms with van der Waals surface area (Å²) < 4.78 is 4.87. The Bertz CT molecular complexity index is 243. The lowest BCUT2D eigenvalue weighted by atomic mass is 10.0. The first kappa shape index (κ1) is 17.6. The van der Waals surface area contributed by atoms with Gasteiger partial charge in [-0.1, -0.05) is 0 Å². The number of carbonyl (C=O) groups excluding carboxylic acids is 1. The highest BCUT2D eigenvalue weighted by Crippen LogP contribution is 2.12. The summed E-state index contributed by atoms with van der Waals surface area (Å²) >= 11 is 0. The lowest BCUT2D eigenvalue weighted by Gasteiger charge is -2.35. The van der Waals surface area contributed by atoms with Gasteiger partial charge in [-0.25, -0.2) is 0 Å². The number of ether oxygens (including phenoxy) is 1. The van der Waals surface area contributed by atoms with Crippen LogP contribution in [0.25, 0.3) is 0 Å². The minimum atomic E-state index is -0.553. The lowest BCUT2D eigenvalue weighted by molar-refractivity contribution is -0.124. The highest BCUT2D eigenvalue weighted by atomic mass is 35.5. The molecule has 6 heteroatoms. The van der Waals surface area contributed by atoms with Gasteiger partial charge in [0.2, 0.25) is 5.91 Å². The minimum Gasteiger partial charge on any atom is -0.383 e. The molecule has 0 aromatic carbocycles. The molecule has 0 aromatic rings. The fourth-order valence-corrected chi connectivity index (χ4v) is 2.12. The number of amides is 1. The monoisotopic (exact) mass is 279 g/mol. The number of piperidine rings is 1. The van der Waals surface area contributed by atoms with E-state index in [-0.39, 0.29) is 31.0 Å². The van der Waals surface area contributed by atoms with Crippen molar-refractivity contribution in [2.75, 3.05) is 26.8 Å². The topological polar surface area (TPSA) is 67.6 Å². The second-order valence-electron chi connectivity index (χ2n) is 4.97. The zero-order chi connectivity index (χ0) is 12.8. The summed E-state index contributed by atoms with van der Waals surface area (Å²) in [5.41, 5.74) is 5.67. The second kappa shape index (κ2) is 8.69. The molecular formula is C12H26ClN3O2.